The Balaban J connectivity index is 1.74. The van der Waals surface area contributed by atoms with Crippen molar-refractivity contribution in [2.45, 2.75) is 23.4 Å². The minimum Gasteiger partial charge on any atom is -0.508 e. The van der Waals surface area contributed by atoms with Crippen LogP contribution in [0.2, 0.25) is 0 Å². The van der Waals surface area contributed by atoms with Crippen LogP contribution in [0.4, 0.5) is 0 Å². The molecule has 1 aliphatic rings. The molecule has 6 nitrogen and oxygen atoms in total. The number of nitrogens with zero attached hydrogens (tertiary/aromatic N) is 3. The number of carbonyl (C=O) groups excluding carboxylic acids is 1. The Bertz CT molecular complexity index is 956. The molecule has 8 heteroatoms. The van der Waals surface area contributed by atoms with Gasteiger partial charge in [-0.25, -0.2) is 4.68 Å². The highest BCUT2D eigenvalue weighted by atomic mass is 79.9. The van der Waals surface area contributed by atoms with E-state index in [2.05, 4.69) is 31.6 Å². The third kappa shape index (κ3) is 3.10. The molecule has 3 aromatic rings. The Morgan fingerprint density at radius 2 is 1.85 bits per heavy atom. The lowest BCUT2D eigenvalue weighted by molar-refractivity contribution is 0.0980. The van der Waals surface area contributed by atoms with Crippen LogP contribution >= 0.6 is 27.7 Å². The zero-order valence-corrected chi connectivity index (χ0v) is 16.2. The summed E-state index contributed by atoms with van der Waals surface area (Å²) >= 11 is 4.79. The molecule has 2 atom stereocenters. The molecule has 2 heterocycles. The average Bonchev–Trinajstić information content (AvgIpc) is 3.02. The number of phenols is 1. The summed E-state index contributed by atoms with van der Waals surface area (Å²) in [7, 11) is 0. The number of halogens is 1. The number of nitrogens with one attached hydrogen (secondary N) is 1. The quantitative estimate of drug-likeness (QED) is 0.616. The Morgan fingerprint density at radius 3 is 2.54 bits per heavy atom. The molecule has 26 heavy (non-hydrogen) atoms. The summed E-state index contributed by atoms with van der Waals surface area (Å²) in [6.45, 7) is 1.86. The van der Waals surface area contributed by atoms with E-state index < -0.39 is 5.25 Å². The molecule has 2 unspecified atom stereocenters. The van der Waals surface area contributed by atoms with Crippen molar-refractivity contribution >= 4 is 33.5 Å². The summed E-state index contributed by atoms with van der Waals surface area (Å²) in [5.74, 6) is 0.931. The number of benzene rings is 2. The highest BCUT2D eigenvalue weighted by Crippen LogP contribution is 2.39. The molecular formula is C18H15BrN4O2S. The van der Waals surface area contributed by atoms with E-state index in [1.807, 2.05) is 43.3 Å². The van der Waals surface area contributed by atoms with Gasteiger partial charge in [0.05, 0.1) is 6.04 Å². The summed E-state index contributed by atoms with van der Waals surface area (Å²) in [5, 5.41) is 18.1. The van der Waals surface area contributed by atoms with Gasteiger partial charge >= 0.3 is 0 Å². The third-order valence-electron chi connectivity index (χ3n) is 4.24. The number of thioether (sulfide) groups is 1. The summed E-state index contributed by atoms with van der Waals surface area (Å²) < 4.78 is 2.72. The van der Waals surface area contributed by atoms with Crippen molar-refractivity contribution in [1.29, 1.82) is 0 Å². The van der Waals surface area contributed by atoms with Gasteiger partial charge in [0.15, 0.2) is 5.78 Å². The van der Waals surface area contributed by atoms with Crippen LogP contribution < -0.4 is 5.43 Å². The second-order valence-electron chi connectivity index (χ2n) is 5.97. The zero-order valence-electron chi connectivity index (χ0n) is 13.8. The SMILES string of the molecule is Cc1nnc2n1NC(c1ccc(O)cc1)C(C(=O)c1ccc(Br)cc1)S2. The molecule has 0 aliphatic carbocycles. The standard InChI is InChI=1S/C18H15BrN4O2S/c1-10-20-21-18-23(10)22-15(11-4-8-14(24)9-5-11)17(26-18)16(25)12-2-6-13(19)7-3-12/h2-9,15,17,22,24H,1H3. The number of Topliss-reactive ketones (excluding diaryl/α,β-unsaturated/α-hetero) is 1. The van der Waals surface area contributed by atoms with Crippen molar-refractivity contribution in [3.05, 3.63) is 70.0 Å². The van der Waals surface area contributed by atoms with Crippen LogP contribution in [-0.2, 0) is 0 Å². The number of rotatable bonds is 3. The summed E-state index contributed by atoms with van der Waals surface area (Å²) in [5.41, 5.74) is 4.90. The van der Waals surface area contributed by atoms with Crippen molar-refractivity contribution in [2.24, 2.45) is 0 Å². The van der Waals surface area contributed by atoms with Crippen LogP contribution in [0.15, 0.2) is 58.2 Å². The fourth-order valence-electron chi connectivity index (χ4n) is 2.87. The Kier molecular flexibility index (Phi) is 4.46. The smallest absolute Gasteiger partial charge is 0.210 e. The van der Waals surface area contributed by atoms with Crippen molar-refractivity contribution in [2.75, 3.05) is 5.43 Å². The maximum atomic E-state index is 13.2. The molecule has 0 saturated carbocycles. The number of ketones is 1. The van der Waals surface area contributed by atoms with Gasteiger partial charge in [-0.15, -0.1) is 10.2 Å². The van der Waals surface area contributed by atoms with Crippen LogP contribution in [0.5, 0.6) is 5.75 Å². The van der Waals surface area contributed by atoms with Gasteiger partial charge < -0.3 is 10.5 Å². The monoisotopic (exact) mass is 430 g/mol. The minimum absolute atomic E-state index is 0.0139. The molecule has 1 aliphatic heterocycles. The molecule has 0 amide bonds. The minimum atomic E-state index is -0.406. The van der Waals surface area contributed by atoms with Crippen LogP contribution in [0.1, 0.15) is 27.8 Å². The van der Waals surface area contributed by atoms with Crippen molar-refractivity contribution in [1.82, 2.24) is 14.9 Å². The largest absolute Gasteiger partial charge is 0.508 e. The molecule has 1 aromatic heterocycles. The first kappa shape index (κ1) is 17.1. The topological polar surface area (TPSA) is 80.0 Å². The Labute approximate surface area is 162 Å². The van der Waals surface area contributed by atoms with Gasteiger partial charge in [-0.3, -0.25) is 4.79 Å². The molecule has 2 aromatic carbocycles. The van der Waals surface area contributed by atoms with Gasteiger partial charge in [-0.1, -0.05) is 52.0 Å². The maximum Gasteiger partial charge on any atom is 0.210 e. The Hall–Kier alpha value is -2.32. The fraction of sp³-hybridized carbons (Fsp3) is 0.167. The van der Waals surface area contributed by atoms with Crippen LogP contribution in [0.3, 0.4) is 0 Å². The summed E-state index contributed by atoms with van der Waals surface area (Å²) in [6.07, 6.45) is 0. The fourth-order valence-corrected chi connectivity index (χ4v) is 4.34. The first-order valence-corrected chi connectivity index (χ1v) is 9.64. The number of aryl methyl sites for hydroxylation is 1. The Morgan fingerprint density at radius 1 is 1.15 bits per heavy atom. The van der Waals surface area contributed by atoms with Crippen molar-refractivity contribution in [3.63, 3.8) is 0 Å². The first-order chi connectivity index (χ1) is 12.5. The lowest BCUT2D eigenvalue weighted by atomic mass is 9.97. The van der Waals surface area contributed by atoms with Crippen LogP contribution in [0, 0.1) is 6.92 Å². The van der Waals surface area contributed by atoms with Gasteiger partial charge in [0, 0.05) is 10.0 Å². The average molecular weight is 431 g/mol. The predicted octanol–water partition coefficient (Wildman–Crippen LogP) is 3.70. The number of hydrogen-bond donors (Lipinski definition) is 2. The maximum absolute atomic E-state index is 13.2. The highest BCUT2D eigenvalue weighted by Gasteiger charge is 2.37. The molecule has 0 radical (unpaired) electrons. The van der Waals surface area contributed by atoms with Crippen LogP contribution in [0.25, 0.3) is 0 Å². The molecule has 0 saturated heterocycles. The van der Waals surface area contributed by atoms with Crippen molar-refractivity contribution < 1.29 is 9.90 Å². The summed E-state index contributed by atoms with van der Waals surface area (Å²) in [6, 6.07) is 13.9. The van der Waals surface area contributed by atoms with E-state index in [9.17, 15) is 9.90 Å². The van der Waals surface area contributed by atoms with Gasteiger partial charge in [0.1, 0.15) is 16.8 Å². The zero-order chi connectivity index (χ0) is 18.3. The number of fused-ring (bicyclic) bond motifs is 1. The summed E-state index contributed by atoms with van der Waals surface area (Å²) in [4.78, 5) is 13.2. The van der Waals surface area contributed by atoms with E-state index in [0.717, 1.165) is 15.9 Å². The number of aromatic nitrogens is 3. The molecule has 2 N–H and O–H groups in total. The van der Waals surface area contributed by atoms with E-state index in [1.54, 1.807) is 16.8 Å². The van der Waals surface area contributed by atoms with E-state index in [-0.39, 0.29) is 17.6 Å². The van der Waals surface area contributed by atoms with Gasteiger partial charge in [-0.2, -0.15) is 0 Å². The molecule has 132 valence electrons. The van der Waals surface area contributed by atoms with Crippen LogP contribution in [-0.4, -0.2) is 31.0 Å². The molecule has 4 rings (SSSR count). The van der Waals surface area contributed by atoms with E-state index in [4.69, 9.17) is 0 Å². The van der Waals surface area contributed by atoms with E-state index in [0.29, 0.717) is 10.7 Å². The highest BCUT2D eigenvalue weighted by molar-refractivity contribution is 9.10. The predicted molar refractivity (Wildman–Crippen MR) is 103 cm³/mol. The number of phenolic OH excluding ortho intramolecular Hbond substituents is 1. The second kappa shape index (κ2) is 6.77. The van der Waals surface area contributed by atoms with Gasteiger partial charge in [0.25, 0.3) is 0 Å². The molecule has 0 bridgehead atoms. The van der Waals surface area contributed by atoms with Gasteiger partial charge in [-0.05, 0) is 36.8 Å². The lowest BCUT2D eigenvalue weighted by Gasteiger charge is -2.32. The normalized spacial score (nSPS) is 18.8. The van der Waals surface area contributed by atoms with E-state index >= 15 is 0 Å². The molecule has 0 spiro atoms. The third-order valence-corrected chi connectivity index (χ3v) is 5.98. The molecule has 0 fully saturated rings. The second-order valence-corrected chi connectivity index (χ2v) is 8.00. The lowest BCUT2D eigenvalue weighted by Crippen LogP contribution is -2.39. The number of carbonyl (C=O) groups is 1. The van der Waals surface area contributed by atoms with Crippen molar-refractivity contribution in [3.8, 4) is 5.75 Å². The number of aromatic hydroxyl groups is 1. The molecular weight excluding hydrogens is 416 g/mol. The van der Waals surface area contributed by atoms with E-state index in [1.165, 1.54) is 11.8 Å². The first-order valence-electron chi connectivity index (χ1n) is 7.97. The van der Waals surface area contributed by atoms with Gasteiger partial charge in [0.2, 0.25) is 5.16 Å². The number of hydrogen-bond acceptors (Lipinski definition) is 6.